The van der Waals surface area contributed by atoms with Crippen LogP contribution in [0.2, 0.25) is 0 Å². The van der Waals surface area contributed by atoms with E-state index >= 15 is 0 Å². The summed E-state index contributed by atoms with van der Waals surface area (Å²) in [6.07, 6.45) is 4.90. The standard InChI is InChI=1S/C10H17N5OS/c1-7(6-17-3)15(2)10(16)8-4-12-5-9(13-8)14-11/h4-5,7H,6,11H2,1-3H3,(H,13,14). The number of carbonyl (C=O) groups is 1. The van der Waals surface area contributed by atoms with Crippen LogP contribution in [-0.2, 0) is 0 Å². The van der Waals surface area contributed by atoms with Gasteiger partial charge in [-0.3, -0.25) is 9.78 Å². The van der Waals surface area contributed by atoms with E-state index in [4.69, 9.17) is 5.84 Å². The fourth-order valence-electron chi connectivity index (χ4n) is 1.27. The molecule has 1 amide bonds. The fourth-order valence-corrected chi connectivity index (χ4v) is 1.98. The summed E-state index contributed by atoms with van der Waals surface area (Å²) >= 11 is 1.70. The highest BCUT2D eigenvalue weighted by molar-refractivity contribution is 7.98. The normalized spacial score (nSPS) is 12.0. The highest BCUT2D eigenvalue weighted by Crippen LogP contribution is 2.09. The lowest BCUT2D eigenvalue weighted by Crippen LogP contribution is -2.37. The lowest BCUT2D eigenvalue weighted by molar-refractivity contribution is 0.0751. The van der Waals surface area contributed by atoms with Crippen LogP contribution in [0.1, 0.15) is 17.4 Å². The minimum Gasteiger partial charge on any atom is -0.337 e. The number of nitrogen functional groups attached to an aromatic ring is 1. The second kappa shape index (κ2) is 6.41. The van der Waals surface area contributed by atoms with Crippen LogP contribution < -0.4 is 11.3 Å². The molecule has 7 heteroatoms. The van der Waals surface area contributed by atoms with E-state index in [9.17, 15) is 4.79 Å². The van der Waals surface area contributed by atoms with Gasteiger partial charge in [0.15, 0.2) is 5.82 Å². The zero-order chi connectivity index (χ0) is 12.8. The Kier molecular flexibility index (Phi) is 5.17. The van der Waals surface area contributed by atoms with Crippen LogP contribution in [-0.4, -0.2) is 45.9 Å². The number of nitrogens with zero attached hydrogens (tertiary/aromatic N) is 3. The molecule has 6 nitrogen and oxygen atoms in total. The molecule has 0 spiro atoms. The Morgan fingerprint density at radius 1 is 1.65 bits per heavy atom. The fraction of sp³-hybridized carbons (Fsp3) is 0.500. The molecule has 1 aromatic rings. The SMILES string of the molecule is CSCC(C)N(C)C(=O)c1cncc(NN)n1. The largest absolute Gasteiger partial charge is 0.337 e. The maximum atomic E-state index is 12.1. The Labute approximate surface area is 105 Å². The minimum atomic E-state index is -0.156. The van der Waals surface area contributed by atoms with E-state index in [1.807, 2.05) is 13.2 Å². The average molecular weight is 255 g/mol. The predicted octanol–water partition coefficient (Wildman–Crippen LogP) is 0.586. The van der Waals surface area contributed by atoms with Gasteiger partial charge < -0.3 is 10.3 Å². The van der Waals surface area contributed by atoms with Crippen molar-refractivity contribution in [3.05, 3.63) is 18.1 Å². The third kappa shape index (κ3) is 3.57. The maximum absolute atomic E-state index is 12.1. The first-order valence-electron chi connectivity index (χ1n) is 5.15. The number of anilines is 1. The van der Waals surface area contributed by atoms with Gasteiger partial charge in [-0.15, -0.1) is 0 Å². The van der Waals surface area contributed by atoms with E-state index in [1.165, 1.54) is 12.4 Å². The zero-order valence-corrected chi connectivity index (χ0v) is 11.0. The van der Waals surface area contributed by atoms with Crippen molar-refractivity contribution in [1.29, 1.82) is 0 Å². The average Bonchev–Trinajstić information content (AvgIpc) is 2.37. The van der Waals surface area contributed by atoms with Crippen LogP contribution in [0.25, 0.3) is 0 Å². The molecule has 0 aliphatic rings. The summed E-state index contributed by atoms with van der Waals surface area (Å²) in [6.45, 7) is 1.99. The molecular weight excluding hydrogens is 238 g/mol. The van der Waals surface area contributed by atoms with E-state index in [2.05, 4.69) is 15.4 Å². The Hall–Kier alpha value is -1.34. The van der Waals surface area contributed by atoms with Gasteiger partial charge >= 0.3 is 0 Å². The summed E-state index contributed by atoms with van der Waals surface area (Å²) in [7, 11) is 1.76. The van der Waals surface area contributed by atoms with Crippen LogP contribution in [0.3, 0.4) is 0 Å². The molecule has 0 saturated carbocycles. The predicted molar refractivity (Wildman–Crippen MR) is 69.8 cm³/mol. The van der Waals surface area contributed by atoms with Crippen molar-refractivity contribution in [2.24, 2.45) is 5.84 Å². The lowest BCUT2D eigenvalue weighted by Gasteiger charge is -2.23. The molecule has 3 N–H and O–H groups in total. The van der Waals surface area contributed by atoms with Gasteiger partial charge in [-0.2, -0.15) is 11.8 Å². The van der Waals surface area contributed by atoms with Crippen LogP contribution in [0.5, 0.6) is 0 Å². The molecule has 17 heavy (non-hydrogen) atoms. The highest BCUT2D eigenvalue weighted by Gasteiger charge is 2.18. The smallest absolute Gasteiger partial charge is 0.274 e. The van der Waals surface area contributed by atoms with Gasteiger partial charge in [0.25, 0.3) is 5.91 Å². The van der Waals surface area contributed by atoms with Crippen molar-refractivity contribution in [3.63, 3.8) is 0 Å². The molecule has 1 unspecified atom stereocenters. The van der Waals surface area contributed by atoms with Crippen LogP contribution in [0.4, 0.5) is 5.82 Å². The molecule has 0 saturated heterocycles. The third-order valence-corrected chi connectivity index (χ3v) is 3.21. The Balaban J connectivity index is 2.80. The molecule has 94 valence electrons. The van der Waals surface area contributed by atoms with Gasteiger partial charge in [-0.25, -0.2) is 10.8 Å². The van der Waals surface area contributed by atoms with Crippen molar-refractivity contribution in [1.82, 2.24) is 14.9 Å². The van der Waals surface area contributed by atoms with Gasteiger partial charge in [0.1, 0.15) is 5.69 Å². The first-order chi connectivity index (χ1) is 8.10. The molecule has 1 rings (SSSR count). The molecule has 0 radical (unpaired) electrons. The first kappa shape index (κ1) is 13.7. The number of aromatic nitrogens is 2. The van der Waals surface area contributed by atoms with E-state index in [0.717, 1.165) is 5.75 Å². The van der Waals surface area contributed by atoms with Crippen molar-refractivity contribution < 1.29 is 4.79 Å². The molecule has 0 fully saturated rings. The van der Waals surface area contributed by atoms with Gasteiger partial charge in [-0.1, -0.05) is 0 Å². The lowest BCUT2D eigenvalue weighted by atomic mass is 10.3. The molecule has 0 bridgehead atoms. The van der Waals surface area contributed by atoms with Crippen molar-refractivity contribution in [3.8, 4) is 0 Å². The summed E-state index contributed by atoms with van der Waals surface area (Å²) in [5.41, 5.74) is 2.65. The van der Waals surface area contributed by atoms with Crippen molar-refractivity contribution in [2.75, 3.05) is 24.5 Å². The summed E-state index contributed by atoms with van der Waals surface area (Å²) < 4.78 is 0. The van der Waals surface area contributed by atoms with Gasteiger partial charge in [0.05, 0.1) is 12.4 Å². The van der Waals surface area contributed by atoms with Gasteiger partial charge in [0, 0.05) is 18.8 Å². The Morgan fingerprint density at radius 2 is 2.35 bits per heavy atom. The first-order valence-corrected chi connectivity index (χ1v) is 6.54. The number of nitrogens with two attached hydrogens (primary N) is 1. The number of hydrogen-bond acceptors (Lipinski definition) is 6. The highest BCUT2D eigenvalue weighted by atomic mass is 32.2. The number of nitrogens with one attached hydrogen (secondary N) is 1. The maximum Gasteiger partial charge on any atom is 0.274 e. The number of hydrazine groups is 1. The molecule has 0 aliphatic heterocycles. The second-order valence-corrected chi connectivity index (χ2v) is 4.56. The number of carbonyl (C=O) groups excluding carboxylic acids is 1. The number of amides is 1. The van der Waals surface area contributed by atoms with Crippen molar-refractivity contribution >= 4 is 23.5 Å². The Bertz CT molecular complexity index is 387. The van der Waals surface area contributed by atoms with E-state index < -0.39 is 0 Å². The van der Waals surface area contributed by atoms with Crippen LogP contribution in [0, 0.1) is 0 Å². The third-order valence-electron chi connectivity index (χ3n) is 2.39. The number of thioether (sulfide) groups is 1. The summed E-state index contributed by atoms with van der Waals surface area (Å²) in [5, 5.41) is 0. The van der Waals surface area contributed by atoms with Crippen molar-refractivity contribution in [2.45, 2.75) is 13.0 Å². The zero-order valence-electron chi connectivity index (χ0n) is 10.2. The number of rotatable bonds is 5. The van der Waals surface area contributed by atoms with E-state index in [-0.39, 0.29) is 17.6 Å². The molecule has 0 aromatic carbocycles. The van der Waals surface area contributed by atoms with E-state index in [1.54, 1.807) is 23.7 Å². The number of hydrogen-bond donors (Lipinski definition) is 2. The summed E-state index contributed by atoms with van der Waals surface area (Å²) in [6, 6.07) is 0.147. The minimum absolute atomic E-state index is 0.147. The molecule has 1 atom stereocenters. The van der Waals surface area contributed by atoms with Gasteiger partial charge in [-0.05, 0) is 13.2 Å². The van der Waals surface area contributed by atoms with Gasteiger partial charge in [0.2, 0.25) is 0 Å². The molecule has 1 heterocycles. The monoisotopic (exact) mass is 255 g/mol. The summed E-state index contributed by atoms with van der Waals surface area (Å²) in [5.74, 6) is 6.32. The quantitative estimate of drug-likeness (QED) is 0.591. The molecule has 0 aliphatic carbocycles. The van der Waals surface area contributed by atoms with Crippen LogP contribution >= 0.6 is 11.8 Å². The summed E-state index contributed by atoms with van der Waals surface area (Å²) in [4.78, 5) is 21.7. The Morgan fingerprint density at radius 3 is 2.94 bits per heavy atom. The van der Waals surface area contributed by atoms with Crippen LogP contribution in [0.15, 0.2) is 12.4 Å². The topological polar surface area (TPSA) is 84.1 Å². The molecule has 1 aromatic heterocycles. The van der Waals surface area contributed by atoms with E-state index in [0.29, 0.717) is 5.82 Å². The second-order valence-electron chi connectivity index (χ2n) is 3.65. The molecular formula is C10H17N5OS.